The second-order valence-corrected chi connectivity index (χ2v) is 11.7. The number of hydrogen-bond donors (Lipinski definition) is 1. The Kier molecular flexibility index (Phi) is 3.91. The van der Waals surface area contributed by atoms with Gasteiger partial charge in [-0.25, -0.2) is 4.79 Å². The fourth-order valence-corrected chi connectivity index (χ4v) is 8.75. The molecular weight excluding hydrogens is 456 g/mol. The molecule has 2 bridgehead atoms. The van der Waals surface area contributed by atoms with Crippen LogP contribution in [0.2, 0.25) is 0 Å². The van der Waals surface area contributed by atoms with Crippen molar-refractivity contribution in [2.45, 2.75) is 88.5 Å². The molecule has 1 aromatic rings. The minimum Gasteiger partial charge on any atom is -0.495 e. The van der Waals surface area contributed by atoms with Crippen LogP contribution in [0, 0.1) is 18.3 Å². The lowest BCUT2D eigenvalue weighted by Gasteiger charge is -2.66. The standard InChI is InChI=1S/C26H32O9/c1-13-15-10-31-20(27)17(15)19(29-5)14-9-16-21(2)7-8-25(30-6)34-23(4)12-32-24(28,26(21,23)35-25)11-22(16,3)33-18(13)14/h16,28H,7-12H2,1-6H3. The minimum absolute atomic E-state index is 0.0934. The molecule has 0 radical (unpaired) electrons. The van der Waals surface area contributed by atoms with Crippen LogP contribution in [-0.4, -0.2) is 60.5 Å². The number of methoxy groups -OCH3 is 2. The number of carbonyl (C=O) groups is 1. The molecule has 3 saturated heterocycles. The van der Waals surface area contributed by atoms with Crippen LogP contribution in [0.3, 0.4) is 0 Å². The Labute approximate surface area is 203 Å². The monoisotopic (exact) mass is 488 g/mol. The summed E-state index contributed by atoms with van der Waals surface area (Å²) in [5.74, 6) is -2.09. The van der Waals surface area contributed by atoms with Crippen LogP contribution in [-0.2, 0) is 36.7 Å². The Balaban J connectivity index is 1.45. The zero-order chi connectivity index (χ0) is 24.8. The van der Waals surface area contributed by atoms with Gasteiger partial charge in [-0.1, -0.05) is 6.92 Å². The lowest BCUT2D eigenvalue weighted by Crippen LogP contribution is -2.79. The molecule has 35 heavy (non-hydrogen) atoms. The zero-order valence-corrected chi connectivity index (χ0v) is 21.0. The number of rotatable bonds is 2. The van der Waals surface area contributed by atoms with Crippen molar-refractivity contribution >= 4 is 5.97 Å². The van der Waals surface area contributed by atoms with Crippen molar-refractivity contribution in [1.82, 2.24) is 0 Å². The van der Waals surface area contributed by atoms with Gasteiger partial charge < -0.3 is 38.3 Å². The van der Waals surface area contributed by atoms with E-state index in [1.54, 1.807) is 14.2 Å². The second kappa shape index (κ2) is 6.14. The zero-order valence-electron chi connectivity index (χ0n) is 21.0. The van der Waals surface area contributed by atoms with Gasteiger partial charge in [0, 0.05) is 42.4 Å². The van der Waals surface area contributed by atoms with Crippen molar-refractivity contribution < 1.29 is 43.1 Å². The Morgan fingerprint density at radius 3 is 2.57 bits per heavy atom. The third kappa shape index (κ3) is 2.16. The molecule has 0 aromatic heterocycles. The predicted octanol–water partition coefficient (Wildman–Crippen LogP) is 2.75. The first-order valence-electron chi connectivity index (χ1n) is 12.3. The molecule has 1 N–H and O–H groups in total. The third-order valence-electron chi connectivity index (χ3n) is 10.1. The molecule has 1 aliphatic carbocycles. The number of cyclic esters (lactones) is 1. The maximum atomic E-state index is 12.6. The summed E-state index contributed by atoms with van der Waals surface area (Å²) in [5.41, 5.74) is -0.424. The molecular formula is C26H32O9. The molecule has 7 atom stereocenters. The highest BCUT2D eigenvalue weighted by Gasteiger charge is 2.89. The van der Waals surface area contributed by atoms with Crippen LogP contribution in [0.25, 0.3) is 0 Å². The summed E-state index contributed by atoms with van der Waals surface area (Å²) in [7, 11) is 3.15. The normalized spacial score (nSPS) is 48.4. The van der Waals surface area contributed by atoms with Gasteiger partial charge in [0.2, 0.25) is 5.79 Å². The summed E-state index contributed by atoms with van der Waals surface area (Å²) in [5, 5.41) is 12.2. The highest BCUT2D eigenvalue weighted by molar-refractivity contribution is 5.98. The molecule has 9 heteroatoms. The first kappa shape index (κ1) is 22.3. The van der Waals surface area contributed by atoms with E-state index in [-0.39, 0.29) is 31.5 Å². The number of hydrogen-bond acceptors (Lipinski definition) is 9. The molecule has 6 aliphatic rings. The van der Waals surface area contributed by atoms with Gasteiger partial charge >= 0.3 is 5.97 Å². The second-order valence-electron chi connectivity index (χ2n) is 11.7. The number of fused-ring (bicyclic) bond motifs is 5. The maximum Gasteiger partial charge on any atom is 0.342 e. The first-order valence-corrected chi connectivity index (χ1v) is 12.3. The Hall–Kier alpha value is -1.91. The lowest BCUT2D eigenvalue weighted by atomic mass is 9.45. The maximum absolute atomic E-state index is 12.6. The number of benzene rings is 1. The summed E-state index contributed by atoms with van der Waals surface area (Å²) < 4.78 is 43.1. The molecule has 9 nitrogen and oxygen atoms in total. The molecule has 190 valence electrons. The van der Waals surface area contributed by atoms with Crippen molar-refractivity contribution in [2.75, 3.05) is 20.8 Å². The molecule has 1 saturated carbocycles. The van der Waals surface area contributed by atoms with Crippen molar-refractivity contribution in [3.63, 3.8) is 0 Å². The topological polar surface area (TPSA) is 102 Å². The van der Waals surface area contributed by atoms with E-state index >= 15 is 0 Å². The van der Waals surface area contributed by atoms with Gasteiger partial charge in [0.25, 0.3) is 5.97 Å². The summed E-state index contributed by atoms with van der Waals surface area (Å²) in [4.78, 5) is 12.6. The SMILES string of the molecule is COc1c2c(c(C)c3c1C(=O)OC3)OC1(C)CC3(O)OCC4(C)OC5(OC)CCC(C)(C1C2)C43O5. The van der Waals surface area contributed by atoms with E-state index in [0.29, 0.717) is 36.3 Å². The van der Waals surface area contributed by atoms with E-state index in [4.69, 9.17) is 33.2 Å². The summed E-state index contributed by atoms with van der Waals surface area (Å²) in [6.07, 6.45) is 1.98. The van der Waals surface area contributed by atoms with Crippen molar-refractivity contribution in [1.29, 1.82) is 0 Å². The van der Waals surface area contributed by atoms with Crippen molar-refractivity contribution in [2.24, 2.45) is 11.3 Å². The molecule has 0 amide bonds. The number of ether oxygens (including phenoxy) is 7. The Morgan fingerprint density at radius 2 is 1.86 bits per heavy atom. The van der Waals surface area contributed by atoms with Gasteiger partial charge in [0.15, 0.2) is 5.60 Å². The molecule has 1 aromatic carbocycles. The molecule has 1 spiro atoms. The van der Waals surface area contributed by atoms with Gasteiger partial charge in [-0.05, 0) is 39.2 Å². The quantitative estimate of drug-likeness (QED) is 0.630. The molecule has 5 aliphatic heterocycles. The summed E-state index contributed by atoms with van der Waals surface area (Å²) in [6.45, 7) is 8.48. The minimum atomic E-state index is -1.63. The van der Waals surface area contributed by atoms with Crippen molar-refractivity contribution in [3.8, 4) is 11.5 Å². The van der Waals surface area contributed by atoms with Crippen molar-refractivity contribution in [3.05, 3.63) is 22.3 Å². The van der Waals surface area contributed by atoms with Gasteiger partial charge in [-0.2, -0.15) is 0 Å². The number of aliphatic hydroxyl groups is 1. The lowest BCUT2D eigenvalue weighted by molar-refractivity contribution is -0.436. The summed E-state index contributed by atoms with van der Waals surface area (Å²) >= 11 is 0. The van der Waals surface area contributed by atoms with E-state index in [0.717, 1.165) is 16.7 Å². The largest absolute Gasteiger partial charge is 0.495 e. The molecule has 7 rings (SSSR count). The highest BCUT2D eigenvalue weighted by atomic mass is 16.9. The molecule has 5 heterocycles. The van der Waals surface area contributed by atoms with Gasteiger partial charge in [-0.15, -0.1) is 0 Å². The van der Waals surface area contributed by atoms with E-state index in [9.17, 15) is 9.90 Å². The Morgan fingerprint density at radius 1 is 1.09 bits per heavy atom. The van der Waals surface area contributed by atoms with Crippen LogP contribution in [0.4, 0.5) is 0 Å². The average molecular weight is 489 g/mol. The van der Waals surface area contributed by atoms with Gasteiger partial charge in [0.05, 0.1) is 13.7 Å². The fraction of sp³-hybridized carbons (Fsp3) is 0.731. The van der Waals surface area contributed by atoms with Crippen LogP contribution < -0.4 is 9.47 Å². The van der Waals surface area contributed by atoms with Gasteiger partial charge in [-0.3, -0.25) is 0 Å². The highest BCUT2D eigenvalue weighted by Crippen LogP contribution is 2.75. The summed E-state index contributed by atoms with van der Waals surface area (Å²) in [6, 6.07) is 0. The smallest absolute Gasteiger partial charge is 0.342 e. The van der Waals surface area contributed by atoms with E-state index < -0.39 is 34.0 Å². The van der Waals surface area contributed by atoms with Crippen LogP contribution in [0.5, 0.6) is 11.5 Å². The van der Waals surface area contributed by atoms with Crippen LogP contribution in [0.1, 0.15) is 67.1 Å². The van der Waals surface area contributed by atoms with Gasteiger partial charge in [0.1, 0.15) is 34.9 Å². The molecule has 7 unspecified atom stereocenters. The van der Waals surface area contributed by atoms with Crippen LogP contribution >= 0.6 is 0 Å². The first-order chi connectivity index (χ1) is 16.4. The predicted molar refractivity (Wildman–Crippen MR) is 119 cm³/mol. The fourth-order valence-electron chi connectivity index (χ4n) is 8.75. The average Bonchev–Trinajstić information content (AvgIpc) is 3.37. The molecule has 4 fully saturated rings. The van der Waals surface area contributed by atoms with E-state index in [1.807, 2.05) is 20.8 Å². The van der Waals surface area contributed by atoms with E-state index in [2.05, 4.69) is 6.92 Å². The van der Waals surface area contributed by atoms with Crippen LogP contribution in [0.15, 0.2) is 0 Å². The Bertz CT molecular complexity index is 1200. The number of esters is 1. The number of carbonyl (C=O) groups excluding carboxylic acids is 1. The third-order valence-corrected chi connectivity index (χ3v) is 10.1. The van der Waals surface area contributed by atoms with E-state index in [1.165, 1.54) is 0 Å².